The molecule has 0 saturated carbocycles. The lowest BCUT2D eigenvalue weighted by atomic mass is 10.0. The van der Waals surface area contributed by atoms with Crippen molar-refractivity contribution in [1.29, 1.82) is 0 Å². The van der Waals surface area contributed by atoms with E-state index in [9.17, 15) is 9.59 Å². The molecule has 0 spiro atoms. The summed E-state index contributed by atoms with van der Waals surface area (Å²) in [5, 5.41) is 6.80. The minimum Gasteiger partial charge on any atom is -0.451 e. The molecule has 2 fully saturated rings. The zero-order chi connectivity index (χ0) is 26.2. The van der Waals surface area contributed by atoms with Crippen LogP contribution in [0.3, 0.4) is 0 Å². The summed E-state index contributed by atoms with van der Waals surface area (Å²) in [7, 11) is 1.97. The Hall–Kier alpha value is -3.78. The van der Waals surface area contributed by atoms with Crippen molar-refractivity contribution in [2.24, 2.45) is 5.92 Å². The number of ether oxygens (including phenoxy) is 1. The fourth-order valence-electron chi connectivity index (χ4n) is 6.18. The lowest BCUT2D eigenvalue weighted by molar-refractivity contribution is 0.0948. The van der Waals surface area contributed by atoms with Gasteiger partial charge in [-0.15, -0.1) is 0 Å². The first-order chi connectivity index (χ1) is 18.6. The molecule has 0 radical (unpaired) electrons. The summed E-state index contributed by atoms with van der Waals surface area (Å²) in [6.07, 6.45) is 7.28. The molecule has 0 aliphatic carbocycles. The number of hydrogen-bond donors (Lipinski definition) is 2. The van der Waals surface area contributed by atoms with Gasteiger partial charge in [0.15, 0.2) is 11.5 Å². The fourth-order valence-corrected chi connectivity index (χ4v) is 6.18. The number of likely N-dealkylation sites (tertiary alicyclic amines) is 1. The number of para-hydroxylation sites is 2. The summed E-state index contributed by atoms with van der Waals surface area (Å²) in [5.74, 6) is 1.46. The Bertz CT molecular complexity index is 1470. The first kappa shape index (κ1) is 24.6. The van der Waals surface area contributed by atoms with E-state index in [1.54, 1.807) is 6.20 Å². The molecule has 3 aliphatic heterocycles. The molecular formula is C30H35N5O3. The standard InChI is InChI=1S/C30H35N5O3/c1-3-23(31-2)20-12-16-34(18-20)25-11-10-21-27-29(25)38-26-9-5-4-8-24(26)35(27)19-22(28(21)36)30(37)32-13-17-33-14-6-7-15-33/h3-5,8-11,19-20,31H,6-7,12-18H2,1-2H3,(H,32,37)/b23-3-. The minimum absolute atomic E-state index is 0.155. The molecule has 0 bridgehead atoms. The summed E-state index contributed by atoms with van der Waals surface area (Å²) in [6.45, 7) is 7.30. The minimum atomic E-state index is -0.331. The number of benzene rings is 2. The Morgan fingerprint density at radius 3 is 2.71 bits per heavy atom. The van der Waals surface area contributed by atoms with Gasteiger partial charge in [-0.05, 0) is 63.5 Å². The SMILES string of the molecule is C/C=C(\NC)C1CCN(c2ccc3c(=O)c(C(=O)NCCN4CCCC4)cn4c3c2Oc2ccccc2-4)C1. The Balaban J connectivity index is 1.39. The number of amides is 1. The maximum atomic E-state index is 13.6. The predicted octanol–water partition coefficient (Wildman–Crippen LogP) is 3.87. The van der Waals surface area contributed by atoms with E-state index in [-0.39, 0.29) is 16.9 Å². The van der Waals surface area contributed by atoms with Crippen molar-refractivity contribution in [1.82, 2.24) is 20.1 Å². The average Bonchev–Trinajstić information content (AvgIpc) is 3.64. The third-order valence-electron chi connectivity index (χ3n) is 8.16. The number of hydrogen-bond acceptors (Lipinski definition) is 6. The second-order valence-electron chi connectivity index (χ2n) is 10.4. The number of aromatic nitrogens is 1. The number of nitrogens with zero attached hydrogens (tertiary/aromatic N) is 3. The molecule has 3 aliphatic rings. The van der Waals surface area contributed by atoms with Gasteiger partial charge in [-0.1, -0.05) is 18.2 Å². The molecule has 6 rings (SSSR count). The van der Waals surface area contributed by atoms with E-state index in [1.807, 2.05) is 48.0 Å². The van der Waals surface area contributed by atoms with Gasteiger partial charge in [-0.3, -0.25) is 9.59 Å². The predicted molar refractivity (Wildman–Crippen MR) is 151 cm³/mol. The second kappa shape index (κ2) is 10.2. The number of allylic oxidation sites excluding steroid dienone is 1. The van der Waals surface area contributed by atoms with E-state index in [1.165, 1.54) is 18.5 Å². The Morgan fingerprint density at radius 2 is 1.92 bits per heavy atom. The van der Waals surface area contributed by atoms with Crippen molar-refractivity contribution in [2.45, 2.75) is 26.2 Å². The third kappa shape index (κ3) is 4.22. The Kier molecular flexibility index (Phi) is 6.57. The molecule has 1 aromatic heterocycles. The number of nitrogens with one attached hydrogen (secondary N) is 2. The molecule has 8 heteroatoms. The van der Waals surface area contributed by atoms with Crippen molar-refractivity contribution in [2.75, 3.05) is 51.2 Å². The smallest absolute Gasteiger partial charge is 0.256 e. The first-order valence-electron chi connectivity index (χ1n) is 13.7. The molecule has 8 nitrogen and oxygen atoms in total. The fraction of sp³-hybridized carbons (Fsp3) is 0.400. The summed E-state index contributed by atoms with van der Waals surface area (Å²) >= 11 is 0. The summed E-state index contributed by atoms with van der Waals surface area (Å²) in [4.78, 5) is 31.5. The molecule has 2 saturated heterocycles. The lowest BCUT2D eigenvalue weighted by Crippen LogP contribution is -2.36. The Labute approximate surface area is 222 Å². The summed E-state index contributed by atoms with van der Waals surface area (Å²) in [6, 6.07) is 11.6. The summed E-state index contributed by atoms with van der Waals surface area (Å²) in [5.41, 5.74) is 3.63. The number of pyridine rings is 1. The van der Waals surface area contributed by atoms with E-state index in [4.69, 9.17) is 4.74 Å². The van der Waals surface area contributed by atoms with Crippen molar-refractivity contribution < 1.29 is 9.53 Å². The lowest BCUT2D eigenvalue weighted by Gasteiger charge is -2.29. The van der Waals surface area contributed by atoms with Crippen LogP contribution in [0.2, 0.25) is 0 Å². The largest absolute Gasteiger partial charge is 0.451 e. The normalized spacial score (nSPS) is 18.9. The van der Waals surface area contributed by atoms with Gasteiger partial charge in [0.05, 0.1) is 16.8 Å². The van der Waals surface area contributed by atoms with Crippen molar-refractivity contribution in [3.05, 3.63) is 70.2 Å². The van der Waals surface area contributed by atoms with E-state index in [0.717, 1.165) is 50.5 Å². The highest BCUT2D eigenvalue weighted by Gasteiger charge is 2.31. The van der Waals surface area contributed by atoms with Gasteiger partial charge >= 0.3 is 0 Å². The third-order valence-corrected chi connectivity index (χ3v) is 8.16. The number of carbonyl (C=O) groups is 1. The van der Waals surface area contributed by atoms with Crippen LogP contribution in [0.15, 0.2) is 59.2 Å². The summed E-state index contributed by atoms with van der Waals surface area (Å²) < 4.78 is 8.44. The van der Waals surface area contributed by atoms with Crippen molar-refractivity contribution >= 4 is 22.5 Å². The number of rotatable bonds is 7. The van der Waals surface area contributed by atoms with Crippen LogP contribution >= 0.6 is 0 Å². The highest BCUT2D eigenvalue weighted by atomic mass is 16.5. The van der Waals surface area contributed by atoms with Crippen LogP contribution in [0.5, 0.6) is 11.5 Å². The molecule has 2 aromatic carbocycles. The first-order valence-corrected chi connectivity index (χ1v) is 13.7. The van der Waals surface area contributed by atoms with Crippen LogP contribution in [-0.2, 0) is 0 Å². The average molecular weight is 514 g/mol. The van der Waals surface area contributed by atoms with Gasteiger partial charge in [0, 0.05) is 51.0 Å². The quantitative estimate of drug-likeness (QED) is 0.391. The van der Waals surface area contributed by atoms with E-state index in [2.05, 4.69) is 33.4 Å². The molecular weight excluding hydrogens is 478 g/mol. The molecule has 4 heterocycles. The van der Waals surface area contributed by atoms with Crippen LogP contribution in [0.1, 0.15) is 36.5 Å². The van der Waals surface area contributed by atoms with Crippen LogP contribution in [0.25, 0.3) is 16.6 Å². The molecule has 1 atom stereocenters. The molecule has 198 valence electrons. The van der Waals surface area contributed by atoms with Crippen LogP contribution in [-0.4, -0.2) is 61.7 Å². The van der Waals surface area contributed by atoms with Crippen LogP contribution in [0.4, 0.5) is 5.69 Å². The topological polar surface area (TPSA) is 78.8 Å². The van der Waals surface area contributed by atoms with Gasteiger partial charge in [0.25, 0.3) is 5.91 Å². The highest BCUT2D eigenvalue weighted by Crippen LogP contribution is 2.46. The van der Waals surface area contributed by atoms with Crippen LogP contribution in [0, 0.1) is 5.92 Å². The molecule has 3 aromatic rings. The van der Waals surface area contributed by atoms with Gasteiger partial charge in [-0.25, -0.2) is 0 Å². The van der Waals surface area contributed by atoms with Gasteiger partial charge in [0.1, 0.15) is 11.1 Å². The molecule has 2 N–H and O–H groups in total. The maximum absolute atomic E-state index is 13.6. The van der Waals surface area contributed by atoms with Gasteiger partial charge in [-0.2, -0.15) is 0 Å². The highest BCUT2D eigenvalue weighted by molar-refractivity contribution is 6.01. The Morgan fingerprint density at radius 1 is 1.11 bits per heavy atom. The van der Waals surface area contributed by atoms with Crippen LogP contribution < -0.4 is 25.7 Å². The molecule has 1 unspecified atom stereocenters. The van der Waals surface area contributed by atoms with E-state index < -0.39 is 0 Å². The van der Waals surface area contributed by atoms with Gasteiger partial charge in [0.2, 0.25) is 5.43 Å². The number of carbonyl (C=O) groups excluding carboxylic acids is 1. The van der Waals surface area contributed by atoms with Gasteiger partial charge < -0.3 is 29.7 Å². The maximum Gasteiger partial charge on any atom is 0.256 e. The zero-order valence-electron chi connectivity index (χ0n) is 22.1. The van der Waals surface area contributed by atoms with E-state index >= 15 is 0 Å². The van der Waals surface area contributed by atoms with E-state index in [0.29, 0.717) is 34.9 Å². The monoisotopic (exact) mass is 513 g/mol. The zero-order valence-corrected chi connectivity index (χ0v) is 22.1. The molecule has 38 heavy (non-hydrogen) atoms. The van der Waals surface area contributed by atoms with Crippen molar-refractivity contribution in [3.8, 4) is 17.2 Å². The van der Waals surface area contributed by atoms with Crippen molar-refractivity contribution in [3.63, 3.8) is 0 Å². The second-order valence-corrected chi connectivity index (χ2v) is 10.4. The number of fused-ring (bicyclic) bond motifs is 2. The molecule has 1 amide bonds. The number of anilines is 1.